The fraction of sp³-hybridized carbons (Fsp3) is 0.238. The molecule has 0 N–H and O–H groups in total. The van der Waals surface area contributed by atoms with Gasteiger partial charge in [-0.05, 0) is 66.6 Å². The second kappa shape index (κ2) is 8.63. The molecule has 3 rings (SSSR count). The molecule has 0 aliphatic carbocycles. The average molecular weight is 402 g/mol. The molecule has 4 nitrogen and oxygen atoms in total. The molecule has 1 saturated heterocycles. The molecule has 2 aromatic carbocycles. The van der Waals surface area contributed by atoms with E-state index in [-0.39, 0.29) is 23.8 Å². The van der Waals surface area contributed by atoms with Crippen LogP contribution in [0.5, 0.6) is 5.75 Å². The molecule has 1 fully saturated rings. The van der Waals surface area contributed by atoms with Crippen LogP contribution in [0.4, 0.5) is 4.79 Å². The van der Waals surface area contributed by atoms with Gasteiger partial charge in [-0.1, -0.05) is 42.8 Å². The molecule has 2 aromatic rings. The first kappa shape index (κ1) is 19.5. The fourth-order valence-corrected chi connectivity index (χ4v) is 3.62. The molecule has 0 aromatic heterocycles. The first-order valence-electron chi connectivity index (χ1n) is 8.73. The van der Waals surface area contributed by atoms with Crippen molar-refractivity contribution in [1.82, 2.24) is 4.90 Å². The van der Waals surface area contributed by atoms with Crippen LogP contribution in [0.25, 0.3) is 6.08 Å². The molecule has 6 heteroatoms. The molecular formula is C21H20ClNO3S. The van der Waals surface area contributed by atoms with Crippen molar-refractivity contribution in [2.24, 2.45) is 0 Å². The largest absolute Gasteiger partial charge is 0.491 e. The highest BCUT2D eigenvalue weighted by Gasteiger charge is 2.34. The maximum absolute atomic E-state index is 12.6. The van der Waals surface area contributed by atoms with E-state index in [1.54, 1.807) is 24.3 Å². The van der Waals surface area contributed by atoms with Gasteiger partial charge in [0, 0.05) is 5.02 Å². The summed E-state index contributed by atoms with van der Waals surface area (Å²) in [5.74, 6) is 0.500. The van der Waals surface area contributed by atoms with Crippen LogP contribution in [0.15, 0.2) is 53.4 Å². The van der Waals surface area contributed by atoms with Crippen molar-refractivity contribution in [3.8, 4) is 5.75 Å². The Morgan fingerprint density at radius 3 is 2.59 bits per heavy atom. The van der Waals surface area contributed by atoms with E-state index in [4.69, 9.17) is 16.3 Å². The Labute approximate surface area is 168 Å². The van der Waals surface area contributed by atoms with E-state index < -0.39 is 0 Å². The maximum Gasteiger partial charge on any atom is 0.293 e. The van der Waals surface area contributed by atoms with Crippen LogP contribution in [0.3, 0.4) is 0 Å². The highest BCUT2D eigenvalue weighted by atomic mass is 35.5. The van der Waals surface area contributed by atoms with Crippen molar-refractivity contribution >= 4 is 40.6 Å². The van der Waals surface area contributed by atoms with Crippen molar-refractivity contribution < 1.29 is 14.3 Å². The first-order valence-corrected chi connectivity index (χ1v) is 9.92. The van der Waals surface area contributed by atoms with E-state index in [1.807, 2.05) is 37.3 Å². The Balaban J connectivity index is 1.72. The molecule has 0 saturated carbocycles. The molecule has 140 valence electrons. The lowest BCUT2D eigenvalue weighted by Gasteiger charge is -2.13. The topological polar surface area (TPSA) is 46.6 Å². The summed E-state index contributed by atoms with van der Waals surface area (Å²) in [6, 6.07) is 14.6. The third-order valence-corrected chi connectivity index (χ3v) is 5.34. The van der Waals surface area contributed by atoms with Crippen LogP contribution < -0.4 is 4.74 Å². The van der Waals surface area contributed by atoms with Gasteiger partial charge in [0.15, 0.2) is 0 Å². The highest BCUT2D eigenvalue weighted by Crippen LogP contribution is 2.33. The lowest BCUT2D eigenvalue weighted by atomic mass is 10.2. The van der Waals surface area contributed by atoms with Gasteiger partial charge in [-0.25, -0.2) is 0 Å². The van der Waals surface area contributed by atoms with Crippen molar-refractivity contribution in [3.63, 3.8) is 0 Å². The number of halogens is 1. The van der Waals surface area contributed by atoms with Crippen molar-refractivity contribution in [1.29, 1.82) is 0 Å². The zero-order valence-corrected chi connectivity index (χ0v) is 16.7. The number of hydrogen-bond acceptors (Lipinski definition) is 4. The Kier molecular flexibility index (Phi) is 6.24. The quantitative estimate of drug-likeness (QED) is 0.578. The molecule has 1 aliphatic heterocycles. The number of rotatable bonds is 6. The Morgan fingerprint density at radius 1 is 1.19 bits per heavy atom. The minimum Gasteiger partial charge on any atom is -0.491 e. The van der Waals surface area contributed by atoms with Gasteiger partial charge in [0.2, 0.25) is 0 Å². The summed E-state index contributed by atoms with van der Waals surface area (Å²) < 4.78 is 5.75. The summed E-state index contributed by atoms with van der Waals surface area (Å²) in [6.07, 6.45) is 2.82. The summed E-state index contributed by atoms with van der Waals surface area (Å²) >= 11 is 6.93. The van der Waals surface area contributed by atoms with Crippen LogP contribution in [-0.4, -0.2) is 22.2 Å². The summed E-state index contributed by atoms with van der Waals surface area (Å²) in [5.41, 5.74) is 1.66. The zero-order valence-electron chi connectivity index (χ0n) is 15.1. The van der Waals surface area contributed by atoms with Gasteiger partial charge in [0.05, 0.1) is 17.6 Å². The van der Waals surface area contributed by atoms with E-state index in [9.17, 15) is 9.59 Å². The highest BCUT2D eigenvalue weighted by molar-refractivity contribution is 8.18. The summed E-state index contributed by atoms with van der Waals surface area (Å²) in [4.78, 5) is 26.5. The van der Waals surface area contributed by atoms with Crippen LogP contribution in [-0.2, 0) is 11.3 Å². The predicted octanol–water partition coefficient (Wildman–Crippen LogP) is 5.75. The number of thioether (sulfide) groups is 1. The summed E-state index contributed by atoms with van der Waals surface area (Å²) in [5, 5.41) is 0.303. The predicted molar refractivity (Wildman–Crippen MR) is 110 cm³/mol. The summed E-state index contributed by atoms with van der Waals surface area (Å²) in [7, 11) is 0. The lowest BCUT2D eigenvalue weighted by molar-refractivity contribution is -0.123. The van der Waals surface area contributed by atoms with Gasteiger partial charge in [0.25, 0.3) is 11.1 Å². The third kappa shape index (κ3) is 4.93. The van der Waals surface area contributed by atoms with Crippen LogP contribution in [0.2, 0.25) is 5.02 Å². The lowest BCUT2D eigenvalue weighted by Crippen LogP contribution is -2.27. The molecule has 0 bridgehead atoms. The van der Waals surface area contributed by atoms with Crippen molar-refractivity contribution in [2.75, 3.05) is 0 Å². The fourth-order valence-electron chi connectivity index (χ4n) is 2.56. The smallest absolute Gasteiger partial charge is 0.293 e. The number of nitrogens with zero attached hydrogens (tertiary/aromatic N) is 1. The molecule has 27 heavy (non-hydrogen) atoms. The number of benzene rings is 2. The number of carbonyl (C=O) groups is 2. The standard InChI is InChI=1S/C21H20ClNO3S/c1-3-14(2)26-18-9-7-15(8-10-18)12-19-20(24)23(21(25)27-19)13-16-5-4-6-17(22)11-16/h4-12,14H,3,13H2,1-2H3/b19-12-. The van der Waals surface area contributed by atoms with Crippen LogP contribution in [0.1, 0.15) is 31.4 Å². The molecule has 1 heterocycles. The van der Waals surface area contributed by atoms with Gasteiger partial charge in [-0.3, -0.25) is 14.5 Å². The number of imide groups is 1. The van der Waals surface area contributed by atoms with Crippen LogP contribution >= 0.6 is 23.4 Å². The van der Waals surface area contributed by atoms with E-state index >= 15 is 0 Å². The molecule has 1 aliphatic rings. The zero-order chi connectivity index (χ0) is 19.4. The van der Waals surface area contributed by atoms with Gasteiger partial charge < -0.3 is 4.74 Å². The minimum absolute atomic E-state index is 0.152. The molecule has 0 spiro atoms. The number of carbonyl (C=O) groups excluding carboxylic acids is 2. The first-order chi connectivity index (χ1) is 13.0. The number of hydrogen-bond donors (Lipinski definition) is 0. The Bertz CT molecular complexity index is 879. The van der Waals surface area contributed by atoms with Gasteiger partial charge >= 0.3 is 0 Å². The summed E-state index contributed by atoms with van der Waals surface area (Å²) in [6.45, 7) is 4.30. The normalized spacial score (nSPS) is 16.9. The number of amides is 2. The van der Waals surface area contributed by atoms with E-state index in [1.165, 1.54) is 4.90 Å². The van der Waals surface area contributed by atoms with E-state index in [2.05, 4.69) is 6.92 Å². The van der Waals surface area contributed by atoms with Gasteiger partial charge in [-0.2, -0.15) is 0 Å². The average Bonchev–Trinajstić information content (AvgIpc) is 2.91. The number of ether oxygens (including phenoxy) is 1. The van der Waals surface area contributed by atoms with E-state index in [0.29, 0.717) is 9.93 Å². The Morgan fingerprint density at radius 2 is 1.93 bits per heavy atom. The SMILES string of the molecule is CCC(C)Oc1ccc(/C=C2\SC(=O)N(Cc3cccc(Cl)c3)C2=O)cc1. The molecule has 1 atom stereocenters. The van der Waals surface area contributed by atoms with Crippen molar-refractivity contribution in [2.45, 2.75) is 32.9 Å². The van der Waals surface area contributed by atoms with Crippen molar-refractivity contribution in [3.05, 3.63) is 69.6 Å². The van der Waals surface area contributed by atoms with Crippen LogP contribution in [0, 0.1) is 0 Å². The third-order valence-electron chi connectivity index (χ3n) is 4.19. The van der Waals surface area contributed by atoms with Gasteiger partial charge in [-0.15, -0.1) is 0 Å². The molecular weight excluding hydrogens is 382 g/mol. The monoisotopic (exact) mass is 401 g/mol. The van der Waals surface area contributed by atoms with E-state index in [0.717, 1.165) is 35.1 Å². The van der Waals surface area contributed by atoms with Gasteiger partial charge in [0.1, 0.15) is 5.75 Å². The minimum atomic E-state index is -0.287. The molecule has 2 amide bonds. The second-order valence-electron chi connectivity index (χ2n) is 6.30. The molecule has 0 radical (unpaired) electrons. The second-order valence-corrected chi connectivity index (χ2v) is 7.73. The Hall–Kier alpha value is -2.24. The molecule has 1 unspecified atom stereocenters. The maximum atomic E-state index is 12.6.